The maximum atomic E-state index is 13.2. The highest BCUT2D eigenvalue weighted by Gasteiger charge is 2.46. The molecule has 10 heteroatoms. The van der Waals surface area contributed by atoms with Gasteiger partial charge in [0.2, 0.25) is 0 Å². The molecule has 4 rings (SSSR count). The first-order valence-electron chi connectivity index (χ1n) is 10.2. The third-order valence-electron chi connectivity index (χ3n) is 5.67. The van der Waals surface area contributed by atoms with Crippen LogP contribution in [0.2, 0.25) is 0 Å². The Hall–Kier alpha value is -2.69. The van der Waals surface area contributed by atoms with Crippen molar-refractivity contribution in [2.45, 2.75) is 35.3 Å². The normalized spacial score (nSPS) is 18.7. The highest BCUT2D eigenvalue weighted by Crippen LogP contribution is 2.33. The molecule has 2 heterocycles. The molecule has 1 atom stereocenters. The van der Waals surface area contributed by atoms with Gasteiger partial charge < -0.3 is 10.1 Å². The van der Waals surface area contributed by atoms with Crippen LogP contribution in [-0.2, 0) is 20.3 Å². The van der Waals surface area contributed by atoms with Crippen LogP contribution < -0.4 is 10.8 Å². The first kappa shape index (κ1) is 21.5. The van der Waals surface area contributed by atoms with Gasteiger partial charge in [0.1, 0.15) is 10.4 Å². The van der Waals surface area contributed by atoms with Crippen molar-refractivity contribution in [2.24, 2.45) is 5.92 Å². The van der Waals surface area contributed by atoms with E-state index in [1.54, 1.807) is 29.7 Å². The molecule has 1 aliphatic heterocycles. The van der Waals surface area contributed by atoms with E-state index in [1.165, 1.54) is 12.4 Å². The van der Waals surface area contributed by atoms with Gasteiger partial charge in [-0.3, -0.25) is 24.0 Å². The van der Waals surface area contributed by atoms with Gasteiger partial charge in [0.25, 0.3) is 11.8 Å². The summed E-state index contributed by atoms with van der Waals surface area (Å²) in [6.07, 6.45) is 5.78. The molecule has 1 saturated heterocycles. The van der Waals surface area contributed by atoms with Crippen molar-refractivity contribution in [3.63, 3.8) is 0 Å². The zero-order valence-electron chi connectivity index (χ0n) is 16.9. The Morgan fingerprint density at radius 3 is 2.42 bits per heavy atom. The molecule has 0 bridgehead atoms. The van der Waals surface area contributed by atoms with E-state index in [-0.39, 0.29) is 24.4 Å². The fourth-order valence-electron chi connectivity index (χ4n) is 3.52. The molecular weight excluding hydrogens is 420 g/mol. The minimum atomic E-state index is -1.68. The highest BCUT2D eigenvalue weighted by atomic mass is 32.2. The van der Waals surface area contributed by atoms with Gasteiger partial charge in [-0.25, -0.2) is 10.5 Å². The summed E-state index contributed by atoms with van der Waals surface area (Å²) >= 11 is 0. The molecule has 0 spiro atoms. The lowest BCUT2D eigenvalue weighted by Gasteiger charge is -2.33. The van der Waals surface area contributed by atoms with Crippen LogP contribution in [-0.4, -0.2) is 55.7 Å². The molecule has 1 saturated carbocycles. The van der Waals surface area contributed by atoms with E-state index in [2.05, 4.69) is 15.3 Å². The van der Waals surface area contributed by atoms with Crippen molar-refractivity contribution in [1.29, 1.82) is 0 Å². The molecule has 3 N–H and O–H groups in total. The number of hydrogen-bond donors (Lipinski definition) is 3. The van der Waals surface area contributed by atoms with Crippen LogP contribution in [0.25, 0.3) is 11.3 Å². The Kier molecular flexibility index (Phi) is 6.40. The van der Waals surface area contributed by atoms with E-state index < -0.39 is 21.5 Å². The molecular formula is C21H24N4O5S. The topological polar surface area (TPSA) is 131 Å². The van der Waals surface area contributed by atoms with Gasteiger partial charge in [-0.15, -0.1) is 0 Å². The summed E-state index contributed by atoms with van der Waals surface area (Å²) in [5.41, 5.74) is 3.24. The predicted octanol–water partition coefficient (Wildman–Crippen LogP) is 1.45. The number of ether oxygens (including phenoxy) is 1. The first-order valence-corrected chi connectivity index (χ1v) is 11.3. The average molecular weight is 445 g/mol. The van der Waals surface area contributed by atoms with Crippen LogP contribution in [0, 0.1) is 5.92 Å². The monoisotopic (exact) mass is 444 g/mol. The van der Waals surface area contributed by atoms with Gasteiger partial charge in [-0.2, -0.15) is 0 Å². The van der Waals surface area contributed by atoms with Crippen LogP contribution in [0.5, 0.6) is 0 Å². The molecule has 2 fully saturated rings. The maximum Gasteiger partial charge on any atom is 0.271 e. The molecule has 31 heavy (non-hydrogen) atoms. The van der Waals surface area contributed by atoms with Gasteiger partial charge >= 0.3 is 0 Å². The van der Waals surface area contributed by atoms with Gasteiger partial charge in [-0.05, 0) is 43.7 Å². The van der Waals surface area contributed by atoms with Crippen molar-refractivity contribution in [1.82, 2.24) is 20.8 Å². The van der Waals surface area contributed by atoms with Crippen molar-refractivity contribution in [3.8, 4) is 11.3 Å². The van der Waals surface area contributed by atoms with E-state index in [9.17, 15) is 13.8 Å². The number of nitrogens with one attached hydrogen (secondary N) is 2. The number of hydroxylamine groups is 1. The predicted molar refractivity (Wildman–Crippen MR) is 112 cm³/mol. The van der Waals surface area contributed by atoms with E-state index in [0.717, 1.165) is 18.4 Å². The van der Waals surface area contributed by atoms with Crippen LogP contribution >= 0.6 is 0 Å². The minimum absolute atomic E-state index is 0.236. The number of aromatic nitrogens is 2. The van der Waals surface area contributed by atoms with Crippen molar-refractivity contribution >= 4 is 22.6 Å². The molecule has 1 unspecified atom stereocenters. The fourth-order valence-corrected chi connectivity index (χ4v) is 5.10. The third-order valence-corrected chi connectivity index (χ3v) is 7.67. The van der Waals surface area contributed by atoms with Gasteiger partial charge in [0.05, 0.1) is 28.9 Å². The minimum Gasteiger partial charge on any atom is -0.381 e. The molecule has 2 aliphatic rings. The lowest BCUT2D eigenvalue weighted by Crippen LogP contribution is -2.52. The quantitative estimate of drug-likeness (QED) is 0.435. The van der Waals surface area contributed by atoms with Gasteiger partial charge in [0, 0.05) is 30.2 Å². The second kappa shape index (κ2) is 9.21. The Labute approximate surface area is 182 Å². The van der Waals surface area contributed by atoms with E-state index in [4.69, 9.17) is 9.94 Å². The second-order valence-corrected chi connectivity index (χ2v) is 9.57. The largest absolute Gasteiger partial charge is 0.381 e. The number of rotatable bonds is 7. The third kappa shape index (κ3) is 4.65. The average Bonchev–Trinajstić information content (AvgIpc) is 3.67. The zero-order valence-corrected chi connectivity index (χ0v) is 17.7. The van der Waals surface area contributed by atoms with Crippen molar-refractivity contribution < 1.29 is 23.7 Å². The number of carbonyl (C=O) groups is 2. The number of benzene rings is 1. The molecule has 2 amide bonds. The van der Waals surface area contributed by atoms with Gasteiger partial charge in [-0.1, -0.05) is 12.1 Å². The molecule has 9 nitrogen and oxygen atoms in total. The summed E-state index contributed by atoms with van der Waals surface area (Å²) < 4.78 is 17.3. The molecule has 1 aromatic heterocycles. The summed E-state index contributed by atoms with van der Waals surface area (Å²) in [6.45, 7) is 1.27. The summed E-state index contributed by atoms with van der Waals surface area (Å²) in [5, 5.41) is 12.0. The summed E-state index contributed by atoms with van der Waals surface area (Å²) in [7, 11) is -1.68. The molecule has 1 aliphatic carbocycles. The SMILES string of the molecule is O=C(NCC1CC1)c1cnc(-c2ccc(S(=O)C3(C(=O)NO)CCOCC3)cc2)cn1. The fraction of sp³-hybridized carbons (Fsp3) is 0.429. The Morgan fingerprint density at radius 2 is 1.84 bits per heavy atom. The molecule has 0 radical (unpaired) electrons. The Balaban J connectivity index is 1.47. The molecule has 1 aromatic carbocycles. The maximum absolute atomic E-state index is 13.2. The van der Waals surface area contributed by atoms with Crippen LogP contribution in [0.4, 0.5) is 0 Å². The standard InChI is InChI=1S/C21H24N4O5S/c26-19(24-11-14-1-2-14)18-13-22-17(12-23-18)15-3-5-16(6-4-15)31(29)21(20(27)25-28)7-9-30-10-8-21/h3-6,12-14,28H,1-2,7-11H2,(H,24,26)(H,25,27). The van der Waals surface area contributed by atoms with Crippen LogP contribution in [0.15, 0.2) is 41.6 Å². The summed E-state index contributed by atoms with van der Waals surface area (Å²) in [5.74, 6) is -0.316. The zero-order chi connectivity index (χ0) is 21.8. The highest BCUT2D eigenvalue weighted by molar-refractivity contribution is 7.87. The van der Waals surface area contributed by atoms with Crippen molar-refractivity contribution in [2.75, 3.05) is 19.8 Å². The number of amides is 2. The number of nitrogens with zero attached hydrogens (tertiary/aromatic N) is 2. The van der Waals surface area contributed by atoms with Crippen molar-refractivity contribution in [3.05, 3.63) is 42.4 Å². The Bertz CT molecular complexity index is 970. The number of carbonyl (C=O) groups excluding carboxylic acids is 2. The van der Waals surface area contributed by atoms with E-state index in [0.29, 0.717) is 36.3 Å². The van der Waals surface area contributed by atoms with Crippen LogP contribution in [0.3, 0.4) is 0 Å². The van der Waals surface area contributed by atoms with Crippen LogP contribution in [0.1, 0.15) is 36.2 Å². The Morgan fingerprint density at radius 1 is 1.13 bits per heavy atom. The number of hydrogen-bond acceptors (Lipinski definition) is 7. The molecule has 164 valence electrons. The summed E-state index contributed by atoms with van der Waals surface area (Å²) in [4.78, 5) is 33.4. The lowest BCUT2D eigenvalue weighted by molar-refractivity contribution is -0.134. The second-order valence-electron chi connectivity index (χ2n) is 7.78. The molecule has 2 aromatic rings. The summed E-state index contributed by atoms with van der Waals surface area (Å²) in [6, 6.07) is 6.83. The van der Waals surface area contributed by atoms with E-state index >= 15 is 0 Å². The lowest BCUT2D eigenvalue weighted by atomic mass is 9.98. The smallest absolute Gasteiger partial charge is 0.271 e. The van der Waals surface area contributed by atoms with E-state index in [1.807, 2.05) is 0 Å². The van der Waals surface area contributed by atoms with Gasteiger partial charge in [0.15, 0.2) is 0 Å². The first-order chi connectivity index (χ1) is 15.0.